The van der Waals surface area contributed by atoms with Gasteiger partial charge in [-0.15, -0.1) is 0 Å². The standard InChI is InChI=1S/C19H20N6O2/c1-3-27-19-15(5-4-8-22-19)18(26)23-12-14-11-16(20-2)25-17(24-14)13-6-9-21-10-7-13/h4-11H,3,12H2,1-2H3,(H,23,26)(H,20,24,25). The van der Waals surface area contributed by atoms with E-state index in [0.717, 1.165) is 5.56 Å². The van der Waals surface area contributed by atoms with E-state index in [1.807, 2.05) is 19.1 Å². The number of hydrogen-bond donors (Lipinski definition) is 2. The lowest BCUT2D eigenvalue weighted by atomic mass is 10.2. The third-order valence-electron chi connectivity index (χ3n) is 3.70. The summed E-state index contributed by atoms with van der Waals surface area (Å²) in [6.07, 6.45) is 4.96. The fraction of sp³-hybridized carbons (Fsp3) is 0.211. The van der Waals surface area contributed by atoms with E-state index in [1.165, 1.54) is 0 Å². The van der Waals surface area contributed by atoms with Crippen LogP contribution in [0.5, 0.6) is 5.88 Å². The average Bonchev–Trinajstić information content (AvgIpc) is 2.73. The minimum Gasteiger partial charge on any atom is -0.477 e. The number of ether oxygens (including phenoxy) is 1. The van der Waals surface area contributed by atoms with Crippen molar-refractivity contribution in [3.8, 4) is 17.3 Å². The molecule has 0 atom stereocenters. The Labute approximate surface area is 157 Å². The van der Waals surface area contributed by atoms with Crippen LogP contribution in [-0.4, -0.2) is 39.5 Å². The van der Waals surface area contributed by atoms with Crippen molar-refractivity contribution >= 4 is 11.7 Å². The maximum absolute atomic E-state index is 12.5. The van der Waals surface area contributed by atoms with E-state index in [1.54, 1.807) is 43.8 Å². The van der Waals surface area contributed by atoms with Gasteiger partial charge in [-0.25, -0.2) is 15.0 Å². The zero-order chi connectivity index (χ0) is 19.1. The molecule has 0 aliphatic carbocycles. The van der Waals surface area contributed by atoms with Gasteiger partial charge in [-0.1, -0.05) is 0 Å². The van der Waals surface area contributed by atoms with Crippen LogP contribution in [0.1, 0.15) is 23.0 Å². The summed E-state index contributed by atoms with van der Waals surface area (Å²) in [6.45, 7) is 2.52. The van der Waals surface area contributed by atoms with Crippen molar-refractivity contribution < 1.29 is 9.53 Å². The minimum absolute atomic E-state index is 0.245. The zero-order valence-electron chi connectivity index (χ0n) is 15.1. The van der Waals surface area contributed by atoms with Gasteiger partial charge in [-0.3, -0.25) is 9.78 Å². The highest BCUT2D eigenvalue weighted by Crippen LogP contribution is 2.18. The molecule has 8 heteroatoms. The highest BCUT2D eigenvalue weighted by molar-refractivity contribution is 5.96. The van der Waals surface area contributed by atoms with Gasteiger partial charge in [0, 0.05) is 37.3 Å². The summed E-state index contributed by atoms with van der Waals surface area (Å²) in [7, 11) is 1.78. The van der Waals surface area contributed by atoms with Crippen LogP contribution in [-0.2, 0) is 6.54 Å². The van der Waals surface area contributed by atoms with E-state index < -0.39 is 0 Å². The number of pyridine rings is 2. The first kappa shape index (κ1) is 18.2. The Morgan fingerprint density at radius 1 is 1.15 bits per heavy atom. The number of aromatic nitrogens is 4. The first-order valence-corrected chi connectivity index (χ1v) is 8.53. The van der Waals surface area contributed by atoms with Gasteiger partial charge in [0.05, 0.1) is 18.8 Å². The van der Waals surface area contributed by atoms with Crippen LogP contribution in [0, 0.1) is 0 Å². The largest absolute Gasteiger partial charge is 0.477 e. The van der Waals surface area contributed by atoms with Gasteiger partial charge >= 0.3 is 0 Å². The molecule has 3 aromatic rings. The summed E-state index contributed by atoms with van der Waals surface area (Å²) < 4.78 is 5.41. The Balaban J connectivity index is 1.79. The molecule has 0 unspecified atom stereocenters. The highest BCUT2D eigenvalue weighted by atomic mass is 16.5. The number of hydrogen-bond acceptors (Lipinski definition) is 7. The monoisotopic (exact) mass is 364 g/mol. The third kappa shape index (κ3) is 4.55. The van der Waals surface area contributed by atoms with E-state index in [2.05, 4.69) is 30.6 Å². The molecule has 138 valence electrons. The quantitative estimate of drug-likeness (QED) is 0.663. The summed E-state index contributed by atoms with van der Waals surface area (Å²) >= 11 is 0. The molecule has 3 heterocycles. The molecule has 8 nitrogen and oxygen atoms in total. The Kier molecular flexibility index (Phi) is 5.88. The lowest BCUT2D eigenvalue weighted by Crippen LogP contribution is -2.24. The Bertz CT molecular complexity index is 917. The Morgan fingerprint density at radius 3 is 2.70 bits per heavy atom. The summed E-state index contributed by atoms with van der Waals surface area (Å²) in [4.78, 5) is 29.6. The van der Waals surface area contributed by atoms with Crippen molar-refractivity contribution in [2.75, 3.05) is 19.0 Å². The lowest BCUT2D eigenvalue weighted by molar-refractivity contribution is 0.0945. The van der Waals surface area contributed by atoms with E-state index in [4.69, 9.17) is 4.74 Å². The number of nitrogens with zero attached hydrogens (tertiary/aromatic N) is 4. The van der Waals surface area contributed by atoms with Gasteiger partial charge in [0.1, 0.15) is 11.4 Å². The van der Waals surface area contributed by atoms with E-state index >= 15 is 0 Å². The Morgan fingerprint density at radius 2 is 1.96 bits per heavy atom. The maximum atomic E-state index is 12.5. The molecule has 0 aliphatic heterocycles. The van der Waals surface area contributed by atoms with Crippen LogP contribution >= 0.6 is 0 Å². The lowest BCUT2D eigenvalue weighted by Gasteiger charge is -2.11. The van der Waals surface area contributed by atoms with Crippen LogP contribution < -0.4 is 15.4 Å². The summed E-state index contributed by atoms with van der Waals surface area (Å²) in [5.41, 5.74) is 1.91. The summed E-state index contributed by atoms with van der Waals surface area (Å²) in [5, 5.41) is 5.87. The van der Waals surface area contributed by atoms with Crippen LogP contribution in [0.2, 0.25) is 0 Å². The first-order chi connectivity index (χ1) is 13.2. The fourth-order valence-electron chi connectivity index (χ4n) is 2.43. The minimum atomic E-state index is -0.276. The molecule has 0 bridgehead atoms. The number of nitrogens with one attached hydrogen (secondary N) is 2. The molecule has 0 radical (unpaired) electrons. The first-order valence-electron chi connectivity index (χ1n) is 8.53. The molecular weight excluding hydrogens is 344 g/mol. The SMILES string of the molecule is CCOc1ncccc1C(=O)NCc1cc(NC)nc(-c2ccncc2)n1. The van der Waals surface area contributed by atoms with Gasteiger partial charge in [-0.05, 0) is 31.2 Å². The van der Waals surface area contributed by atoms with Crippen molar-refractivity contribution in [3.63, 3.8) is 0 Å². The predicted octanol–water partition coefficient (Wildman–Crippen LogP) is 2.30. The second-order valence-electron chi connectivity index (χ2n) is 5.53. The molecule has 0 saturated carbocycles. The third-order valence-corrected chi connectivity index (χ3v) is 3.70. The number of carbonyl (C=O) groups is 1. The number of carbonyl (C=O) groups excluding carboxylic acids is 1. The molecule has 3 rings (SSSR count). The van der Waals surface area contributed by atoms with Crippen molar-refractivity contribution in [1.29, 1.82) is 0 Å². The summed E-state index contributed by atoms with van der Waals surface area (Å²) in [5.74, 6) is 1.26. The molecule has 0 aromatic carbocycles. The van der Waals surface area contributed by atoms with Crippen LogP contribution in [0.4, 0.5) is 5.82 Å². The van der Waals surface area contributed by atoms with Crippen LogP contribution in [0.15, 0.2) is 48.9 Å². The molecular formula is C19H20N6O2. The van der Waals surface area contributed by atoms with Gasteiger partial charge in [0.25, 0.3) is 5.91 Å². The zero-order valence-corrected chi connectivity index (χ0v) is 15.1. The molecule has 0 aliphatic rings. The molecule has 27 heavy (non-hydrogen) atoms. The fourth-order valence-corrected chi connectivity index (χ4v) is 2.43. The second kappa shape index (κ2) is 8.70. The molecule has 0 fully saturated rings. The smallest absolute Gasteiger partial charge is 0.257 e. The topological polar surface area (TPSA) is 102 Å². The van der Waals surface area contributed by atoms with Crippen molar-refractivity contribution in [2.45, 2.75) is 13.5 Å². The predicted molar refractivity (Wildman–Crippen MR) is 101 cm³/mol. The van der Waals surface area contributed by atoms with E-state index in [0.29, 0.717) is 35.4 Å². The van der Waals surface area contributed by atoms with Gasteiger partial charge in [0.15, 0.2) is 5.82 Å². The van der Waals surface area contributed by atoms with E-state index in [-0.39, 0.29) is 12.5 Å². The summed E-state index contributed by atoms with van der Waals surface area (Å²) in [6, 6.07) is 8.83. The molecule has 1 amide bonds. The van der Waals surface area contributed by atoms with E-state index in [9.17, 15) is 4.79 Å². The van der Waals surface area contributed by atoms with Gasteiger partial charge in [-0.2, -0.15) is 0 Å². The van der Waals surface area contributed by atoms with Crippen LogP contribution in [0.3, 0.4) is 0 Å². The normalized spacial score (nSPS) is 10.3. The van der Waals surface area contributed by atoms with Crippen molar-refractivity contribution in [1.82, 2.24) is 25.3 Å². The Hall–Kier alpha value is -3.55. The molecule has 0 saturated heterocycles. The van der Waals surface area contributed by atoms with Crippen LogP contribution in [0.25, 0.3) is 11.4 Å². The van der Waals surface area contributed by atoms with Gasteiger partial charge in [0.2, 0.25) is 5.88 Å². The van der Waals surface area contributed by atoms with Gasteiger partial charge < -0.3 is 15.4 Å². The molecule has 3 aromatic heterocycles. The number of amides is 1. The van der Waals surface area contributed by atoms with Crippen molar-refractivity contribution in [3.05, 3.63) is 60.2 Å². The number of anilines is 1. The molecule has 0 spiro atoms. The maximum Gasteiger partial charge on any atom is 0.257 e. The highest BCUT2D eigenvalue weighted by Gasteiger charge is 2.14. The molecule has 2 N–H and O–H groups in total. The number of rotatable bonds is 7. The second-order valence-corrected chi connectivity index (χ2v) is 5.53. The van der Waals surface area contributed by atoms with Crippen molar-refractivity contribution in [2.24, 2.45) is 0 Å². The average molecular weight is 364 g/mol.